The van der Waals surface area contributed by atoms with Crippen LogP contribution >= 0.6 is 34.5 Å². The van der Waals surface area contributed by atoms with Crippen molar-refractivity contribution in [3.05, 3.63) is 33.1 Å². The predicted octanol–water partition coefficient (Wildman–Crippen LogP) is 3.99. The predicted molar refractivity (Wildman–Crippen MR) is 63.2 cm³/mol. The Kier molecular flexibility index (Phi) is 2.87. The molecule has 0 N–H and O–H groups in total. The van der Waals surface area contributed by atoms with E-state index in [1.165, 1.54) is 18.4 Å². The van der Waals surface area contributed by atoms with Crippen LogP contribution in [0.3, 0.4) is 0 Å². The zero-order chi connectivity index (χ0) is 11.0. The van der Waals surface area contributed by atoms with Crippen LogP contribution in [0.15, 0.2) is 18.2 Å². The van der Waals surface area contributed by atoms with E-state index in [1.54, 1.807) is 18.2 Å². The average Bonchev–Trinajstić information content (AvgIpc) is 2.60. The lowest BCUT2D eigenvalue weighted by atomic mass is 10.2. The molecule has 2 rings (SSSR count). The zero-order valence-electron chi connectivity index (χ0n) is 7.71. The summed E-state index contributed by atoms with van der Waals surface area (Å²) in [5.74, 6) is -0.358. The highest BCUT2D eigenvalue weighted by molar-refractivity contribution is 7.21. The van der Waals surface area contributed by atoms with Gasteiger partial charge in [0.05, 0.1) is 16.8 Å². The minimum atomic E-state index is -0.358. The zero-order valence-corrected chi connectivity index (χ0v) is 10.0. The minimum Gasteiger partial charge on any atom is -0.465 e. The van der Waals surface area contributed by atoms with Crippen molar-refractivity contribution in [2.45, 2.75) is 0 Å². The average molecular weight is 261 g/mol. The van der Waals surface area contributed by atoms with Gasteiger partial charge in [0.15, 0.2) is 0 Å². The Morgan fingerprint density at radius 1 is 1.33 bits per heavy atom. The molecule has 0 bridgehead atoms. The van der Waals surface area contributed by atoms with Crippen LogP contribution in [0.5, 0.6) is 0 Å². The molecule has 1 aromatic heterocycles. The molecule has 0 amide bonds. The summed E-state index contributed by atoms with van der Waals surface area (Å²) in [6.07, 6.45) is 0. The number of fused-ring (bicyclic) bond motifs is 1. The Hall–Kier alpha value is -0.770. The maximum atomic E-state index is 11.3. The number of carbonyl (C=O) groups is 1. The van der Waals surface area contributed by atoms with Crippen LogP contribution in [-0.4, -0.2) is 13.1 Å². The Balaban J connectivity index is 2.65. The highest BCUT2D eigenvalue weighted by atomic mass is 35.5. The Morgan fingerprint density at radius 2 is 2.07 bits per heavy atom. The third kappa shape index (κ3) is 1.95. The first-order valence-electron chi connectivity index (χ1n) is 4.08. The number of rotatable bonds is 1. The van der Waals surface area contributed by atoms with Gasteiger partial charge < -0.3 is 4.74 Å². The van der Waals surface area contributed by atoms with Gasteiger partial charge in [0.2, 0.25) is 0 Å². The number of methoxy groups -OCH3 is 1. The number of halogens is 2. The first kappa shape index (κ1) is 10.7. The Morgan fingerprint density at radius 3 is 2.73 bits per heavy atom. The third-order valence-electron chi connectivity index (χ3n) is 1.92. The van der Waals surface area contributed by atoms with Crippen molar-refractivity contribution < 1.29 is 9.53 Å². The van der Waals surface area contributed by atoms with Crippen molar-refractivity contribution in [1.29, 1.82) is 0 Å². The summed E-state index contributed by atoms with van der Waals surface area (Å²) in [6, 6.07) is 5.15. The lowest BCUT2D eigenvalue weighted by molar-refractivity contribution is 0.0606. The molecule has 0 saturated carbocycles. The quantitative estimate of drug-likeness (QED) is 0.725. The van der Waals surface area contributed by atoms with Gasteiger partial charge in [0.25, 0.3) is 0 Å². The lowest BCUT2D eigenvalue weighted by Gasteiger charge is -1.93. The largest absolute Gasteiger partial charge is 0.465 e. The van der Waals surface area contributed by atoms with E-state index in [4.69, 9.17) is 23.2 Å². The molecule has 0 aliphatic rings. The fourth-order valence-electron chi connectivity index (χ4n) is 1.28. The van der Waals surface area contributed by atoms with Gasteiger partial charge in [-0.3, -0.25) is 0 Å². The van der Waals surface area contributed by atoms with E-state index in [0.29, 0.717) is 14.9 Å². The molecule has 0 spiro atoms. The van der Waals surface area contributed by atoms with Gasteiger partial charge in [-0.1, -0.05) is 23.2 Å². The summed E-state index contributed by atoms with van der Waals surface area (Å²) >= 11 is 13.1. The molecule has 2 aromatic rings. The molecule has 0 unspecified atom stereocenters. The first-order valence-corrected chi connectivity index (χ1v) is 5.66. The fraction of sp³-hybridized carbons (Fsp3) is 0.100. The standard InChI is InChI=1S/C10H6Cl2O2S/c1-14-10(13)8-3-5-2-6(11)4-7(12)9(5)15-8/h2-4H,1H3. The van der Waals surface area contributed by atoms with Gasteiger partial charge in [0, 0.05) is 5.02 Å². The number of hydrogen-bond acceptors (Lipinski definition) is 3. The van der Waals surface area contributed by atoms with E-state index >= 15 is 0 Å². The second-order valence-electron chi connectivity index (χ2n) is 2.91. The molecule has 1 aromatic carbocycles. The van der Waals surface area contributed by atoms with Gasteiger partial charge in [-0.2, -0.15) is 0 Å². The molecule has 5 heteroatoms. The highest BCUT2D eigenvalue weighted by Crippen LogP contribution is 2.34. The summed E-state index contributed by atoms with van der Waals surface area (Å²) in [7, 11) is 1.35. The van der Waals surface area contributed by atoms with Crippen molar-refractivity contribution >= 4 is 50.6 Å². The molecule has 2 nitrogen and oxygen atoms in total. The number of ether oxygens (including phenoxy) is 1. The number of carbonyl (C=O) groups excluding carboxylic acids is 1. The SMILES string of the molecule is COC(=O)c1cc2cc(Cl)cc(Cl)c2s1. The first-order chi connectivity index (χ1) is 7.11. The smallest absolute Gasteiger partial charge is 0.348 e. The molecule has 0 fully saturated rings. The minimum absolute atomic E-state index is 0.358. The van der Waals surface area contributed by atoms with E-state index in [2.05, 4.69) is 4.74 Å². The second-order valence-corrected chi connectivity index (χ2v) is 4.80. The van der Waals surface area contributed by atoms with Crippen LogP contribution in [0.2, 0.25) is 10.0 Å². The van der Waals surface area contributed by atoms with E-state index in [1.807, 2.05) is 0 Å². The molecule has 0 atom stereocenters. The van der Waals surface area contributed by atoms with Gasteiger partial charge in [0.1, 0.15) is 4.88 Å². The molecule has 15 heavy (non-hydrogen) atoms. The van der Waals surface area contributed by atoms with E-state index in [9.17, 15) is 4.79 Å². The van der Waals surface area contributed by atoms with Gasteiger partial charge in [-0.25, -0.2) is 4.79 Å². The molecule has 78 valence electrons. The lowest BCUT2D eigenvalue weighted by Crippen LogP contribution is -1.96. The van der Waals surface area contributed by atoms with Crippen LogP contribution in [0.1, 0.15) is 9.67 Å². The molecule has 0 radical (unpaired) electrons. The van der Waals surface area contributed by atoms with Crippen LogP contribution in [0.25, 0.3) is 10.1 Å². The van der Waals surface area contributed by atoms with Crippen molar-refractivity contribution in [3.63, 3.8) is 0 Å². The number of hydrogen-bond donors (Lipinski definition) is 0. The Bertz CT molecular complexity index is 533. The molecule has 0 aliphatic heterocycles. The highest BCUT2D eigenvalue weighted by Gasteiger charge is 2.12. The summed E-state index contributed by atoms with van der Waals surface area (Å²) in [6.45, 7) is 0. The maximum Gasteiger partial charge on any atom is 0.348 e. The van der Waals surface area contributed by atoms with Gasteiger partial charge in [-0.05, 0) is 23.6 Å². The van der Waals surface area contributed by atoms with Crippen LogP contribution in [-0.2, 0) is 4.74 Å². The molecule has 0 saturated heterocycles. The third-order valence-corrected chi connectivity index (χ3v) is 3.71. The summed E-state index contributed by atoms with van der Waals surface area (Å²) in [4.78, 5) is 11.8. The number of benzene rings is 1. The normalized spacial score (nSPS) is 10.6. The van der Waals surface area contributed by atoms with E-state index in [-0.39, 0.29) is 5.97 Å². The van der Waals surface area contributed by atoms with Crippen LogP contribution in [0, 0.1) is 0 Å². The second kappa shape index (κ2) is 4.00. The van der Waals surface area contributed by atoms with Crippen molar-refractivity contribution in [1.82, 2.24) is 0 Å². The van der Waals surface area contributed by atoms with Crippen LogP contribution < -0.4 is 0 Å². The Labute approximate surface area is 100 Å². The topological polar surface area (TPSA) is 26.3 Å². The van der Waals surface area contributed by atoms with Gasteiger partial charge >= 0.3 is 5.97 Å². The summed E-state index contributed by atoms with van der Waals surface area (Å²) in [5, 5.41) is 1.97. The monoisotopic (exact) mass is 260 g/mol. The molecule has 1 heterocycles. The van der Waals surface area contributed by atoms with Crippen molar-refractivity contribution in [3.8, 4) is 0 Å². The summed E-state index contributed by atoms with van der Waals surface area (Å²) < 4.78 is 5.48. The summed E-state index contributed by atoms with van der Waals surface area (Å²) in [5.41, 5.74) is 0. The maximum absolute atomic E-state index is 11.3. The van der Waals surface area contributed by atoms with Crippen LogP contribution in [0.4, 0.5) is 0 Å². The molecule has 0 aliphatic carbocycles. The fourth-order valence-corrected chi connectivity index (χ4v) is 2.87. The van der Waals surface area contributed by atoms with E-state index in [0.717, 1.165) is 10.1 Å². The van der Waals surface area contributed by atoms with E-state index < -0.39 is 0 Å². The number of thiophene rings is 1. The molecular formula is C10H6Cl2O2S. The van der Waals surface area contributed by atoms with Gasteiger partial charge in [-0.15, -0.1) is 11.3 Å². The molecular weight excluding hydrogens is 255 g/mol. The van der Waals surface area contributed by atoms with Crippen molar-refractivity contribution in [2.24, 2.45) is 0 Å². The number of esters is 1. The van der Waals surface area contributed by atoms with Crippen molar-refractivity contribution in [2.75, 3.05) is 7.11 Å².